The van der Waals surface area contributed by atoms with Crippen molar-refractivity contribution in [2.45, 2.75) is 24.0 Å². The molecule has 0 aliphatic rings. The fraction of sp³-hybridized carbons (Fsp3) is 0.161. The van der Waals surface area contributed by atoms with Crippen molar-refractivity contribution in [3.05, 3.63) is 108 Å². The number of thiazole rings is 1. The fourth-order valence-electron chi connectivity index (χ4n) is 4.61. The third kappa shape index (κ3) is 6.02. The van der Waals surface area contributed by atoms with E-state index in [1.54, 1.807) is 67.3 Å². The Morgan fingerprint density at radius 1 is 0.976 bits per heavy atom. The van der Waals surface area contributed by atoms with Crippen LogP contribution in [0.15, 0.2) is 96.0 Å². The molecule has 42 heavy (non-hydrogen) atoms. The first-order valence-electron chi connectivity index (χ1n) is 12.7. The Morgan fingerprint density at radius 3 is 2.50 bits per heavy atom. The smallest absolute Gasteiger partial charge is 0.416 e. The largest absolute Gasteiger partial charge is 0.497 e. The number of ether oxygens (including phenoxy) is 2. The van der Waals surface area contributed by atoms with Crippen LogP contribution in [-0.4, -0.2) is 28.4 Å². The number of allylic oxidation sites excluding steroid dienone is 1. The van der Waals surface area contributed by atoms with Crippen molar-refractivity contribution < 1.29 is 26.9 Å². The summed E-state index contributed by atoms with van der Waals surface area (Å²) in [5.41, 5.74) is 1.66. The lowest BCUT2D eigenvalue weighted by atomic mass is 9.95. The van der Waals surface area contributed by atoms with Gasteiger partial charge < -0.3 is 9.47 Å². The molecule has 0 fully saturated rings. The summed E-state index contributed by atoms with van der Waals surface area (Å²) in [6.45, 7) is 3.96. The molecule has 0 N–H and O–H groups in total. The molecule has 0 amide bonds. The number of fused-ring (bicyclic) bond motifs is 1. The van der Waals surface area contributed by atoms with Gasteiger partial charge in [-0.25, -0.2) is 9.19 Å². The van der Waals surface area contributed by atoms with Gasteiger partial charge in [0.2, 0.25) is 0 Å². The Bertz CT molecular complexity index is 1760. The van der Waals surface area contributed by atoms with Crippen molar-refractivity contribution in [1.29, 1.82) is 0 Å². The summed E-state index contributed by atoms with van der Waals surface area (Å²) in [5, 5.41) is 3.85. The van der Waals surface area contributed by atoms with Crippen LogP contribution in [0.25, 0.3) is 22.0 Å². The van der Waals surface area contributed by atoms with Crippen molar-refractivity contribution in [2.24, 2.45) is 0 Å². The SMILES string of the molecule is C=CCc1cc(C(F)(F)F)ccc1-c1nccc2cc(S(=O)N(Cc3ccc(OC)cc3OC)c3nccs3)ccc12. The quantitative estimate of drug-likeness (QED) is 0.151. The predicted octanol–water partition coefficient (Wildman–Crippen LogP) is 7.85. The second-order valence-electron chi connectivity index (χ2n) is 9.18. The van der Waals surface area contributed by atoms with Crippen LogP contribution >= 0.6 is 11.3 Å². The number of nitrogens with zero attached hydrogens (tertiary/aromatic N) is 3. The van der Waals surface area contributed by atoms with E-state index >= 15 is 0 Å². The van der Waals surface area contributed by atoms with Crippen LogP contribution in [-0.2, 0) is 30.1 Å². The van der Waals surface area contributed by atoms with Gasteiger partial charge in [0.15, 0.2) is 16.1 Å². The third-order valence-corrected chi connectivity index (χ3v) is 8.90. The molecular weight excluding hydrogens is 583 g/mol. The summed E-state index contributed by atoms with van der Waals surface area (Å²) in [5.74, 6) is 1.23. The Balaban J connectivity index is 1.54. The first-order valence-corrected chi connectivity index (χ1v) is 14.7. The molecule has 0 spiro atoms. The van der Waals surface area contributed by atoms with Crippen LogP contribution in [0.1, 0.15) is 16.7 Å². The van der Waals surface area contributed by atoms with Gasteiger partial charge in [-0.1, -0.05) is 18.2 Å². The van der Waals surface area contributed by atoms with E-state index in [0.717, 1.165) is 28.5 Å². The first-order chi connectivity index (χ1) is 20.2. The summed E-state index contributed by atoms with van der Waals surface area (Å²) in [6, 6.07) is 16.2. The Labute approximate surface area is 247 Å². The average molecular weight is 610 g/mol. The molecule has 0 bridgehead atoms. The van der Waals surface area contributed by atoms with Gasteiger partial charge in [0, 0.05) is 40.4 Å². The van der Waals surface area contributed by atoms with Gasteiger partial charge in [0.1, 0.15) is 11.5 Å². The van der Waals surface area contributed by atoms with Gasteiger partial charge in [0.25, 0.3) is 0 Å². The molecule has 0 radical (unpaired) electrons. The van der Waals surface area contributed by atoms with E-state index in [2.05, 4.69) is 16.5 Å². The maximum atomic E-state index is 14.0. The molecule has 0 aliphatic carbocycles. The van der Waals surface area contributed by atoms with Crippen molar-refractivity contribution >= 4 is 38.2 Å². The Hall–Kier alpha value is -4.22. The summed E-state index contributed by atoms with van der Waals surface area (Å²) in [6.07, 6.45) is 0.603. The van der Waals surface area contributed by atoms with Crippen LogP contribution in [0.5, 0.6) is 11.5 Å². The maximum absolute atomic E-state index is 14.0. The molecule has 5 rings (SSSR count). The lowest BCUT2D eigenvalue weighted by Crippen LogP contribution is -2.25. The van der Waals surface area contributed by atoms with E-state index in [1.807, 2.05) is 17.5 Å². The number of halogens is 3. The molecule has 6 nitrogen and oxygen atoms in total. The molecule has 3 aromatic carbocycles. The summed E-state index contributed by atoms with van der Waals surface area (Å²) in [7, 11) is 1.48. The van der Waals surface area contributed by atoms with E-state index in [9.17, 15) is 17.4 Å². The minimum atomic E-state index is -4.46. The van der Waals surface area contributed by atoms with Crippen molar-refractivity contribution in [2.75, 3.05) is 18.5 Å². The number of pyridine rings is 1. The highest BCUT2D eigenvalue weighted by atomic mass is 32.2. The molecule has 2 aromatic heterocycles. The van der Waals surface area contributed by atoms with Crippen LogP contribution in [0.2, 0.25) is 0 Å². The highest BCUT2D eigenvalue weighted by Crippen LogP contribution is 2.36. The van der Waals surface area contributed by atoms with E-state index in [1.165, 1.54) is 17.4 Å². The summed E-state index contributed by atoms with van der Waals surface area (Å²) >= 11 is 1.36. The third-order valence-electron chi connectivity index (χ3n) is 6.63. The summed E-state index contributed by atoms with van der Waals surface area (Å²) < 4.78 is 66.8. The topological polar surface area (TPSA) is 64.6 Å². The normalized spacial score (nSPS) is 12.2. The van der Waals surface area contributed by atoms with E-state index in [-0.39, 0.29) is 13.0 Å². The number of benzene rings is 3. The zero-order chi connectivity index (χ0) is 29.9. The molecule has 0 aliphatic heterocycles. The van der Waals surface area contributed by atoms with E-state index in [0.29, 0.717) is 38.3 Å². The molecular formula is C31H26F3N3O3S2. The van der Waals surface area contributed by atoms with Gasteiger partial charge in [0.05, 0.1) is 36.9 Å². The molecule has 216 valence electrons. The zero-order valence-corrected chi connectivity index (χ0v) is 24.4. The monoisotopic (exact) mass is 609 g/mol. The molecule has 0 saturated heterocycles. The van der Waals surface area contributed by atoms with Crippen LogP contribution < -0.4 is 13.8 Å². The number of rotatable bonds is 10. The van der Waals surface area contributed by atoms with Crippen molar-refractivity contribution in [3.63, 3.8) is 0 Å². The van der Waals surface area contributed by atoms with Crippen LogP contribution in [0.3, 0.4) is 0 Å². The minimum absolute atomic E-state index is 0.247. The minimum Gasteiger partial charge on any atom is -0.497 e. The Kier molecular flexibility index (Phi) is 8.60. The van der Waals surface area contributed by atoms with Crippen molar-refractivity contribution in [3.8, 4) is 22.8 Å². The Morgan fingerprint density at radius 2 is 1.81 bits per heavy atom. The number of alkyl halides is 3. The highest BCUT2D eigenvalue weighted by molar-refractivity contribution is 7.86. The van der Waals surface area contributed by atoms with Crippen molar-refractivity contribution in [1.82, 2.24) is 9.97 Å². The molecule has 2 heterocycles. The zero-order valence-electron chi connectivity index (χ0n) is 22.7. The van der Waals surface area contributed by atoms with Gasteiger partial charge in [-0.3, -0.25) is 9.29 Å². The van der Waals surface area contributed by atoms with E-state index < -0.39 is 22.7 Å². The predicted molar refractivity (Wildman–Crippen MR) is 160 cm³/mol. The first kappa shape index (κ1) is 29.3. The van der Waals surface area contributed by atoms with Gasteiger partial charge >= 0.3 is 6.18 Å². The van der Waals surface area contributed by atoms with Gasteiger partial charge in [-0.2, -0.15) is 13.2 Å². The van der Waals surface area contributed by atoms with E-state index in [4.69, 9.17) is 9.47 Å². The molecule has 0 saturated carbocycles. The molecule has 1 unspecified atom stereocenters. The number of hydrogen-bond acceptors (Lipinski definition) is 6. The lowest BCUT2D eigenvalue weighted by molar-refractivity contribution is -0.137. The number of methoxy groups -OCH3 is 2. The number of aromatic nitrogens is 2. The van der Waals surface area contributed by atoms with Crippen LogP contribution in [0.4, 0.5) is 18.3 Å². The number of hydrogen-bond donors (Lipinski definition) is 0. The van der Waals surface area contributed by atoms with Crippen LogP contribution in [0, 0.1) is 0 Å². The average Bonchev–Trinajstić information content (AvgIpc) is 3.53. The summed E-state index contributed by atoms with van der Waals surface area (Å²) in [4.78, 5) is 9.45. The van der Waals surface area contributed by atoms with Gasteiger partial charge in [-0.05, 0) is 59.8 Å². The highest BCUT2D eigenvalue weighted by Gasteiger charge is 2.31. The second-order valence-corrected chi connectivity index (χ2v) is 11.5. The molecule has 11 heteroatoms. The second kappa shape index (κ2) is 12.3. The standard InChI is InChI=1S/C31H26F3N3O3S2/c1-4-5-20-16-23(31(32,33)34)7-10-26(20)29-27-11-9-25(17-21(27)12-13-35-29)42(38)37(30-36-14-15-41-30)19-22-6-8-24(39-2)18-28(22)40-3/h4,6-18H,1,5,19H2,2-3H3. The molecule has 5 aromatic rings. The number of anilines is 1. The lowest BCUT2D eigenvalue weighted by Gasteiger charge is -2.22. The maximum Gasteiger partial charge on any atom is 0.416 e. The molecule has 1 atom stereocenters. The van der Waals surface area contributed by atoms with Gasteiger partial charge in [-0.15, -0.1) is 17.9 Å². The fourth-order valence-corrected chi connectivity index (χ4v) is 6.60.